The van der Waals surface area contributed by atoms with Crippen molar-refractivity contribution in [1.82, 2.24) is 5.32 Å². The van der Waals surface area contributed by atoms with Gasteiger partial charge in [0.2, 0.25) is 0 Å². The molecule has 0 radical (unpaired) electrons. The zero-order valence-corrected chi connectivity index (χ0v) is 8.61. The van der Waals surface area contributed by atoms with E-state index in [1.165, 1.54) is 5.56 Å². The molecular weight excluding hydrogens is 190 g/mol. The number of rotatable bonds is 2. The maximum Gasteiger partial charge on any atom is 0.124 e. The van der Waals surface area contributed by atoms with Crippen LogP contribution in [0.15, 0.2) is 24.3 Å². The van der Waals surface area contributed by atoms with Crippen LogP contribution in [0.1, 0.15) is 18.0 Å². The first-order valence-corrected chi connectivity index (χ1v) is 5.49. The predicted molar refractivity (Wildman–Crippen MR) is 57.0 cm³/mol. The van der Waals surface area contributed by atoms with Crippen LogP contribution < -0.4 is 10.1 Å². The SMILES string of the molecule is c1ccc2c(c1)OCC2NC1CCOC1. The Morgan fingerprint density at radius 1 is 1.20 bits per heavy atom. The van der Waals surface area contributed by atoms with E-state index in [0.29, 0.717) is 12.1 Å². The van der Waals surface area contributed by atoms with Gasteiger partial charge in [0.25, 0.3) is 0 Å². The van der Waals surface area contributed by atoms with Gasteiger partial charge in [-0.05, 0) is 12.5 Å². The maximum atomic E-state index is 5.62. The van der Waals surface area contributed by atoms with Gasteiger partial charge < -0.3 is 14.8 Å². The first kappa shape index (κ1) is 9.19. The number of fused-ring (bicyclic) bond motifs is 1. The van der Waals surface area contributed by atoms with Crippen LogP contribution in [0.3, 0.4) is 0 Å². The van der Waals surface area contributed by atoms with Crippen molar-refractivity contribution in [2.75, 3.05) is 19.8 Å². The summed E-state index contributed by atoms with van der Waals surface area (Å²) in [6, 6.07) is 9.07. The Labute approximate surface area is 89.4 Å². The molecule has 2 aliphatic heterocycles. The fourth-order valence-electron chi connectivity index (χ4n) is 2.25. The molecule has 1 N–H and O–H groups in total. The summed E-state index contributed by atoms with van der Waals surface area (Å²) in [5.41, 5.74) is 1.28. The second-order valence-electron chi connectivity index (χ2n) is 4.13. The zero-order valence-electron chi connectivity index (χ0n) is 8.61. The number of benzene rings is 1. The second-order valence-corrected chi connectivity index (χ2v) is 4.13. The molecule has 0 amide bonds. The molecule has 2 heterocycles. The van der Waals surface area contributed by atoms with Crippen LogP contribution in [0.5, 0.6) is 5.75 Å². The molecule has 3 heteroatoms. The van der Waals surface area contributed by atoms with Gasteiger partial charge in [-0.1, -0.05) is 18.2 Å². The largest absolute Gasteiger partial charge is 0.491 e. The van der Waals surface area contributed by atoms with E-state index >= 15 is 0 Å². The van der Waals surface area contributed by atoms with Gasteiger partial charge in [0.05, 0.1) is 12.6 Å². The van der Waals surface area contributed by atoms with Crippen molar-refractivity contribution in [2.24, 2.45) is 0 Å². The summed E-state index contributed by atoms with van der Waals surface area (Å²) in [5, 5.41) is 3.58. The molecule has 1 aromatic rings. The third-order valence-electron chi connectivity index (χ3n) is 3.07. The van der Waals surface area contributed by atoms with Gasteiger partial charge in [-0.15, -0.1) is 0 Å². The minimum Gasteiger partial charge on any atom is -0.491 e. The van der Waals surface area contributed by atoms with E-state index in [-0.39, 0.29) is 0 Å². The average Bonchev–Trinajstić information content (AvgIpc) is 2.89. The lowest BCUT2D eigenvalue weighted by molar-refractivity contribution is 0.186. The molecule has 1 saturated heterocycles. The highest BCUT2D eigenvalue weighted by molar-refractivity contribution is 5.39. The van der Waals surface area contributed by atoms with Crippen LogP contribution in [-0.2, 0) is 4.74 Å². The van der Waals surface area contributed by atoms with E-state index < -0.39 is 0 Å². The minimum atomic E-state index is 0.341. The van der Waals surface area contributed by atoms with Crippen LogP contribution in [0.25, 0.3) is 0 Å². The Morgan fingerprint density at radius 2 is 2.13 bits per heavy atom. The van der Waals surface area contributed by atoms with E-state index in [1.807, 2.05) is 12.1 Å². The quantitative estimate of drug-likeness (QED) is 0.793. The lowest BCUT2D eigenvalue weighted by atomic mass is 10.1. The van der Waals surface area contributed by atoms with Crippen molar-refractivity contribution < 1.29 is 9.47 Å². The van der Waals surface area contributed by atoms with Crippen LogP contribution >= 0.6 is 0 Å². The molecule has 15 heavy (non-hydrogen) atoms. The highest BCUT2D eigenvalue weighted by atomic mass is 16.5. The summed E-state index contributed by atoms with van der Waals surface area (Å²) < 4.78 is 11.0. The van der Waals surface area contributed by atoms with Gasteiger partial charge in [-0.3, -0.25) is 0 Å². The lowest BCUT2D eigenvalue weighted by Gasteiger charge is -2.16. The lowest BCUT2D eigenvalue weighted by Crippen LogP contribution is -2.33. The number of hydrogen-bond acceptors (Lipinski definition) is 3. The van der Waals surface area contributed by atoms with Crippen LogP contribution in [0, 0.1) is 0 Å². The van der Waals surface area contributed by atoms with Crippen molar-refractivity contribution in [3.05, 3.63) is 29.8 Å². The Morgan fingerprint density at radius 3 is 3.00 bits per heavy atom. The number of ether oxygens (including phenoxy) is 2. The molecule has 80 valence electrons. The summed E-state index contributed by atoms with van der Waals surface area (Å²) in [7, 11) is 0. The van der Waals surface area contributed by atoms with Gasteiger partial charge in [0.15, 0.2) is 0 Å². The number of para-hydroxylation sites is 1. The fraction of sp³-hybridized carbons (Fsp3) is 0.500. The van der Waals surface area contributed by atoms with Crippen molar-refractivity contribution in [3.63, 3.8) is 0 Å². The third kappa shape index (κ3) is 1.73. The summed E-state index contributed by atoms with van der Waals surface area (Å²) in [5.74, 6) is 1.02. The Bertz CT molecular complexity index is 347. The highest BCUT2D eigenvalue weighted by Crippen LogP contribution is 2.32. The molecule has 3 rings (SSSR count). The Kier molecular flexibility index (Phi) is 2.35. The van der Waals surface area contributed by atoms with Crippen LogP contribution in [0.4, 0.5) is 0 Å². The smallest absolute Gasteiger partial charge is 0.124 e. The molecule has 0 saturated carbocycles. The standard InChI is InChI=1S/C12H15NO2/c1-2-4-12-10(3-1)11(8-15-12)13-9-5-6-14-7-9/h1-4,9,11,13H,5-8H2. The van der Waals surface area contributed by atoms with Gasteiger partial charge >= 0.3 is 0 Å². The van der Waals surface area contributed by atoms with Gasteiger partial charge in [-0.2, -0.15) is 0 Å². The molecule has 0 aliphatic carbocycles. The van der Waals surface area contributed by atoms with E-state index in [2.05, 4.69) is 17.4 Å². The summed E-state index contributed by atoms with van der Waals surface area (Å²) in [6.45, 7) is 2.46. The Hall–Kier alpha value is -1.06. The predicted octanol–water partition coefficient (Wildman–Crippen LogP) is 1.50. The van der Waals surface area contributed by atoms with E-state index in [0.717, 1.165) is 32.0 Å². The third-order valence-corrected chi connectivity index (χ3v) is 3.07. The summed E-state index contributed by atoms with van der Waals surface area (Å²) in [4.78, 5) is 0. The molecule has 1 fully saturated rings. The molecule has 1 aromatic carbocycles. The van der Waals surface area contributed by atoms with Crippen LogP contribution in [-0.4, -0.2) is 25.9 Å². The Balaban J connectivity index is 1.73. The van der Waals surface area contributed by atoms with Crippen LogP contribution in [0.2, 0.25) is 0 Å². The van der Waals surface area contributed by atoms with Crippen molar-refractivity contribution in [2.45, 2.75) is 18.5 Å². The molecule has 2 unspecified atom stereocenters. The zero-order chi connectivity index (χ0) is 10.1. The molecular formula is C12H15NO2. The summed E-state index contributed by atoms with van der Waals surface area (Å²) >= 11 is 0. The molecule has 2 aliphatic rings. The maximum absolute atomic E-state index is 5.62. The molecule has 2 atom stereocenters. The van der Waals surface area contributed by atoms with Crippen molar-refractivity contribution in [3.8, 4) is 5.75 Å². The van der Waals surface area contributed by atoms with Gasteiger partial charge in [-0.25, -0.2) is 0 Å². The van der Waals surface area contributed by atoms with E-state index in [9.17, 15) is 0 Å². The number of hydrogen-bond donors (Lipinski definition) is 1. The summed E-state index contributed by atoms with van der Waals surface area (Å²) in [6.07, 6.45) is 1.11. The molecule has 0 aromatic heterocycles. The monoisotopic (exact) mass is 205 g/mol. The normalized spacial score (nSPS) is 28.8. The number of nitrogens with one attached hydrogen (secondary N) is 1. The minimum absolute atomic E-state index is 0.341. The fourth-order valence-corrected chi connectivity index (χ4v) is 2.25. The average molecular weight is 205 g/mol. The van der Waals surface area contributed by atoms with Gasteiger partial charge in [0.1, 0.15) is 12.4 Å². The first-order valence-electron chi connectivity index (χ1n) is 5.49. The van der Waals surface area contributed by atoms with E-state index in [4.69, 9.17) is 9.47 Å². The topological polar surface area (TPSA) is 30.5 Å². The van der Waals surface area contributed by atoms with E-state index in [1.54, 1.807) is 0 Å². The van der Waals surface area contributed by atoms with Crippen molar-refractivity contribution >= 4 is 0 Å². The highest BCUT2D eigenvalue weighted by Gasteiger charge is 2.27. The van der Waals surface area contributed by atoms with Gasteiger partial charge in [0, 0.05) is 18.2 Å². The molecule has 3 nitrogen and oxygen atoms in total. The van der Waals surface area contributed by atoms with Crippen molar-refractivity contribution in [1.29, 1.82) is 0 Å². The first-order chi connectivity index (χ1) is 7.43. The second kappa shape index (κ2) is 3.83. The molecule has 0 bridgehead atoms. The molecule has 0 spiro atoms.